The van der Waals surface area contributed by atoms with Crippen LogP contribution in [0.4, 0.5) is 0 Å². The molecule has 0 N–H and O–H groups in total. The van der Waals surface area contributed by atoms with Gasteiger partial charge in [0.15, 0.2) is 0 Å². The van der Waals surface area contributed by atoms with Crippen molar-refractivity contribution >= 4 is 8.97 Å². The molecule has 0 aliphatic carbocycles. The van der Waals surface area contributed by atoms with Gasteiger partial charge in [-0.25, -0.2) is 4.57 Å². The largest absolute Gasteiger partial charge is 0.806 e. The van der Waals surface area contributed by atoms with E-state index in [-0.39, 0.29) is 0 Å². The van der Waals surface area contributed by atoms with Crippen molar-refractivity contribution in [2.24, 2.45) is 0 Å². The number of nitrogens with zero attached hydrogens (tertiary/aromatic N) is 1. The molecule has 0 unspecified atom stereocenters. The highest BCUT2D eigenvalue weighted by molar-refractivity contribution is 6.60. The van der Waals surface area contributed by atoms with Crippen molar-refractivity contribution in [3.05, 3.63) is 91.0 Å². The summed E-state index contributed by atoms with van der Waals surface area (Å²) < 4.78 is 21.6. The first-order valence-corrected chi connectivity index (χ1v) is 10.9. The van der Waals surface area contributed by atoms with E-state index in [4.69, 9.17) is 13.3 Å². The normalized spacial score (nSPS) is 11.2. The summed E-state index contributed by atoms with van der Waals surface area (Å²) in [6.07, 6.45) is 0. The molecule has 0 fully saturated rings. The third-order valence-electron chi connectivity index (χ3n) is 4.12. The second kappa shape index (κ2) is 9.25. The average molecular weight is 380 g/mol. The summed E-state index contributed by atoms with van der Waals surface area (Å²) >= 11 is 0. The van der Waals surface area contributed by atoms with E-state index in [2.05, 4.69) is 18.4 Å². The summed E-state index contributed by atoms with van der Waals surface area (Å²) in [5.41, 5.74) is 0. The Kier molecular flexibility index (Phi) is 6.52. The van der Waals surface area contributed by atoms with Crippen molar-refractivity contribution in [3.63, 3.8) is 0 Å². The van der Waals surface area contributed by atoms with E-state index in [1.165, 1.54) is 0 Å². The lowest BCUT2D eigenvalue weighted by Gasteiger charge is -2.36. The van der Waals surface area contributed by atoms with Crippen molar-refractivity contribution in [2.75, 3.05) is 13.1 Å². The molecule has 3 rings (SSSR count). The average Bonchev–Trinajstić information content (AvgIpc) is 2.71. The van der Waals surface area contributed by atoms with Crippen LogP contribution in [0, 0.1) is 0 Å². The molecule has 3 aromatic rings. The first-order chi connectivity index (χ1) is 13.3. The van der Waals surface area contributed by atoms with Gasteiger partial charge in [-0.2, -0.15) is 0 Å². The monoisotopic (exact) mass is 379 g/mol. The first kappa shape index (κ1) is 19.0. The Labute approximate surface area is 162 Å². The van der Waals surface area contributed by atoms with Gasteiger partial charge in [-0.05, 0) is 49.5 Å². The van der Waals surface area contributed by atoms with Crippen LogP contribution in [0.1, 0.15) is 13.8 Å². The van der Waals surface area contributed by atoms with E-state index < -0.39 is 8.97 Å². The molecular weight excluding hydrogens is 354 g/mol. The molecule has 0 aliphatic rings. The molecule has 0 amide bonds. The van der Waals surface area contributed by atoms with E-state index in [1.54, 1.807) is 0 Å². The second-order valence-electron chi connectivity index (χ2n) is 5.94. The van der Waals surface area contributed by atoms with Crippen LogP contribution in [0.15, 0.2) is 91.0 Å². The van der Waals surface area contributed by atoms with E-state index >= 15 is 0 Å². The van der Waals surface area contributed by atoms with Gasteiger partial charge in [-0.15, -0.1) is 0 Å². The lowest BCUT2D eigenvalue weighted by Crippen LogP contribution is -2.68. The molecule has 0 atom stereocenters. The topological polar surface area (TPSA) is 30.9 Å². The first-order valence-electron chi connectivity index (χ1n) is 9.23. The van der Waals surface area contributed by atoms with Gasteiger partial charge in [0.25, 0.3) is 0 Å². The van der Waals surface area contributed by atoms with Crippen LogP contribution in [0.5, 0.6) is 17.2 Å². The molecule has 140 valence electrons. The summed E-state index contributed by atoms with van der Waals surface area (Å²) in [4.78, 5) is 0. The summed E-state index contributed by atoms with van der Waals surface area (Å²) in [7, 11) is -3.31. The number of hydrogen-bond acceptors (Lipinski definition) is 4. The fourth-order valence-corrected chi connectivity index (χ4v) is 5.37. The quantitative estimate of drug-likeness (QED) is 0.490. The van der Waals surface area contributed by atoms with Gasteiger partial charge in [0, 0.05) is 0 Å². The molecular formula is C22H25NO3Si. The highest BCUT2D eigenvalue weighted by atomic mass is 28.4. The smallest absolute Gasteiger partial charge is 0.471 e. The summed E-state index contributed by atoms with van der Waals surface area (Å²) in [6, 6.07) is 29.1. The van der Waals surface area contributed by atoms with E-state index in [1.807, 2.05) is 91.0 Å². The standard InChI is InChI=1S/C22H25NO3Si/c1-3-23(4-2)27(24-20-14-8-5-9-15-20,25-21-16-10-6-11-17-21)26-22-18-12-7-13-19-22/h5-19H,3-4H2,1-2H3. The third kappa shape index (κ3) is 4.90. The molecule has 0 aliphatic heterocycles. The maximum absolute atomic E-state index is 6.47. The molecule has 4 nitrogen and oxygen atoms in total. The van der Waals surface area contributed by atoms with E-state index in [0.29, 0.717) is 0 Å². The Morgan fingerprint density at radius 3 is 1.11 bits per heavy atom. The maximum atomic E-state index is 6.47. The molecule has 0 saturated carbocycles. The van der Waals surface area contributed by atoms with Crippen molar-refractivity contribution in [3.8, 4) is 17.2 Å². The fourth-order valence-electron chi connectivity index (χ4n) is 2.78. The predicted molar refractivity (Wildman–Crippen MR) is 110 cm³/mol. The molecule has 0 heterocycles. The zero-order valence-corrected chi connectivity index (χ0v) is 16.7. The Morgan fingerprint density at radius 2 is 0.852 bits per heavy atom. The number of rotatable bonds is 9. The van der Waals surface area contributed by atoms with Gasteiger partial charge < -0.3 is 13.3 Å². The highest BCUT2D eigenvalue weighted by Crippen LogP contribution is 2.26. The zero-order chi connectivity index (χ0) is 19.0. The molecule has 27 heavy (non-hydrogen) atoms. The minimum absolute atomic E-state index is 0.725. The SMILES string of the molecule is CCN(CC)[Si](Oc1ccccc1)(Oc1ccccc1)Oc1ccccc1. The molecule has 0 spiro atoms. The van der Waals surface area contributed by atoms with E-state index in [0.717, 1.165) is 30.3 Å². The minimum Gasteiger partial charge on any atom is -0.471 e. The highest BCUT2D eigenvalue weighted by Gasteiger charge is 2.56. The Balaban J connectivity index is 2.04. The number of hydrogen-bond donors (Lipinski definition) is 0. The molecule has 3 aromatic carbocycles. The van der Waals surface area contributed by atoms with Crippen LogP contribution < -0.4 is 13.3 Å². The van der Waals surface area contributed by atoms with Crippen molar-refractivity contribution in [1.29, 1.82) is 0 Å². The zero-order valence-electron chi connectivity index (χ0n) is 15.7. The van der Waals surface area contributed by atoms with Gasteiger partial charge in [0.1, 0.15) is 17.2 Å². The Morgan fingerprint density at radius 1 is 0.556 bits per heavy atom. The van der Waals surface area contributed by atoms with E-state index in [9.17, 15) is 0 Å². The van der Waals surface area contributed by atoms with Gasteiger partial charge in [-0.3, -0.25) is 0 Å². The van der Waals surface area contributed by atoms with Gasteiger partial charge in [0.2, 0.25) is 0 Å². The second-order valence-corrected chi connectivity index (χ2v) is 8.23. The number of benzene rings is 3. The van der Waals surface area contributed by atoms with Gasteiger partial charge in [-0.1, -0.05) is 68.4 Å². The number of para-hydroxylation sites is 3. The lowest BCUT2D eigenvalue weighted by molar-refractivity contribution is 0.168. The van der Waals surface area contributed by atoms with Crippen LogP contribution in [0.2, 0.25) is 0 Å². The molecule has 5 heteroatoms. The predicted octanol–water partition coefficient (Wildman–Crippen LogP) is 5.00. The minimum atomic E-state index is -3.31. The molecule has 0 aromatic heterocycles. The Bertz CT molecular complexity index is 694. The maximum Gasteiger partial charge on any atom is 0.806 e. The van der Waals surface area contributed by atoms with Crippen molar-refractivity contribution < 1.29 is 13.3 Å². The summed E-state index contributed by atoms with van der Waals surface area (Å²) in [5, 5.41) is 0. The molecule has 0 saturated heterocycles. The lowest BCUT2D eigenvalue weighted by atomic mass is 10.3. The van der Waals surface area contributed by atoms with Crippen LogP contribution in [-0.2, 0) is 0 Å². The fraction of sp³-hybridized carbons (Fsp3) is 0.182. The summed E-state index contributed by atoms with van der Waals surface area (Å²) in [5.74, 6) is 2.17. The van der Waals surface area contributed by atoms with Crippen LogP contribution >= 0.6 is 0 Å². The third-order valence-corrected chi connectivity index (χ3v) is 7.01. The summed E-state index contributed by atoms with van der Waals surface area (Å²) in [6.45, 7) is 5.66. The van der Waals surface area contributed by atoms with Crippen molar-refractivity contribution in [2.45, 2.75) is 13.8 Å². The van der Waals surface area contributed by atoms with Crippen LogP contribution in [-0.4, -0.2) is 26.6 Å². The van der Waals surface area contributed by atoms with Gasteiger partial charge >= 0.3 is 8.97 Å². The van der Waals surface area contributed by atoms with Crippen LogP contribution in [0.25, 0.3) is 0 Å². The Hall–Kier alpha value is -2.76. The molecule has 0 bridgehead atoms. The molecule has 0 radical (unpaired) electrons. The van der Waals surface area contributed by atoms with Crippen LogP contribution in [0.3, 0.4) is 0 Å². The van der Waals surface area contributed by atoms with Gasteiger partial charge in [0.05, 0.1) is 0 Å². The van der Waals surface area contributed by atoms with Crippen molar-refractivity contribution in [1.82, 2.24) is 4.57 Å².